The summed E-state index contributed by atoms with van der Waals surface area (Å²) >= 11 is 3.65. The van der Waals surface area contributed by atoms with E-state index in [0.29, 0.717) is 12.0 Å². The third-order valence-corrected chi connectivity index (χ3v) is 3.55. The van der Waals surface area contributed by atoms with E-state index in [1.54, 1.807) is 0 Å². The summed E-state index contributed by atoms with van der Waals surface area (Å²) in [7, 11) is 0. The molecule has 0 fully saturated rings. The summed E-state index contributed by atoms with van der Waals surface area (Å²) in [5.41, 5.74) is 1.18. The van der Waals surface area contributed by atoms with Crippen LogP contribution in [0.4, 0.5) is 5.82 Å². The molecule has 3 nitrogen and oxygen atoms in total. The Morgan fingerprint density at radius 1 is 1.60 bits per heavy atom. The Hall–Kier alpha value is -0.510. The van der Waals surface area contributed by atoms with Crippen molar-refractivity contribution in [1.29, 1.82) is 0 Å². The van der Waals surface area contributed by atoms with Crippen molar-refractivity contribution < 1.29 is 0 Å². The minimum Gasteiger partial charge on any atom is -0.367 e. The minimum atomic E-state index is 0.553. The van der Waals surface area contributed by atoms with Gasteiger partial charge in [0.1, 0.15) is 5.82 Å². The summed E-state index contributed by atoms with van der Waals surface area (Å²) in [5, 5.41) is 8.11. The van der Waals surface area contributed by atoms with Crippen molar-refractivity contribution in [2.24, 2.45) is 5.92 Å². The Morgan fingerprint density at radius 2 is 2.33 bits per heavy atom. The van der Waals surface area contributed by atoms with Gasteiger partial charge < -0.3 is 5.32 Å². The molecule has 4 heteroatoms. The van der Waals surface area contributed by atoms with E-state index in [1.807, 2.05) is 0 Å². The number of nitrogens with zero attached hydrogens (tertiary/aromatic N) is 2. The van der Waals surface area contributed by atoms with Crippen LogP contribution in [-0.4, -0.2) is 15.8 Å². The van der Waals surface area contributed by atoms with Gasteiger partial charge in [0.25, 0.3) is 0 Å². The smallest absolute Gasteiger partial charge is 0.139 e. The quantitative estimate of drug-likeness (QED) is 0.896. The summed E-state index contributed by atoms with van der Waals surface area (Å²) in [4.78, 5) is 0. The van der Waals surface area contributed by atoms with Gasteiger partial charge in [0.05, 0.1) is 10.2 Å². The molecule has 0 aromatic carbocycles. The summed E-state index contributed by atoms with van der Waals surface area (Å²) in [6.07, 6.45) is 2.19. The van der Waals surface area contributed by atoms with Gasteiger partial charge in [-0.1, -0.05) is 13.8 Å². The molecule has 1 atom stereocenters. The molecule has 0 spiro atoms. The van der Waals surface area contributed by atoms with Gasteiger partial charge >= 0.3 is 0 Å². The molecule has 1 aromatic rings. The fourth-order valence-electron chi connectivity index (χ4n) is 1.93. The summed E-state index contributed by atoms with van der Waals surface area (Å²) in [5.74, 6) is 1.81. The van der Waals surface area contributed by atoms with E-state index in [-0.39, 0.29) is 0 Å². The van der Waals surface area contributed by atoms with Crippen LogP contribution in [0, 0.1) is 5.92 Å². The lowest BCUT2D eigenvalue weighted by molar-refractivity contribution is 0.504. The van der Waals surface area contributed by atoms with Crippen LogP contribution in [0.5, 0.6) is 0 Å². The Labute approximate surface area is 99.4 Å². The molecule has 0 amide bonds. The fourth-order valence-corrected chi connectivity index (χ4v) is 2.49. The predicted octanol–water partition coefficient (Wildman–Crippen LogP) is 3.05. The lowest BCUT2D eigenvalue weighted by Gasteiger charge is -2.22. The van der Waals surface area contributed by atoms with Gasteiger partial charge in [0.15, 0.2) is 0 Å². The Kier molecular flexibility index (Phi) is 3.05. The largest absolute Gasteiger partial charge is 0.367 e. The summed E-state index contributed by atoms with van der Waals surface area (Å²) < 4.78 is 3.24. The second-order valence-corrected chi connectivity index (χ2v) is 5.56. The van der Waals surface area contributed by atoms with Crippen molar-refractivity contribution >= 4 is 21.7 Å². The molecule has 0 saturated heterocycles. The zero-order chi connectivity index (χ0) is 11.0. The van der Waals surface area contributed by atoms with Crippen LogP contribution in [0.3, 0.4) is 0 Å². The van der Waals surface area contributed by atoms with E-state index in [0.717, 1.165) is 29.7 Å². The number of aryl methyl sites for hydroxylation is 1. The van der Waals surface area contributed by atoms with Crippen LogP contribution in [0.2, 0.25) is 0 Å². The van der Waals surface area contributed by atoms with E-state index in [4.69, 9.17) is 0 Å². The van der Waals surface area contributed by atoms with E-state index in [2.05, 4.69) is 51.8 Å². The van der Waals surface area contributed by atoms with Crippen LogP contribution in [0.15, 0.2) is 4.47 Å². The van der Waals surface area contributed by atoms with Crippen molar-refractivity contribution in [3.63, 3.8) is 0 Å². The lowest BCUT2D eigenvalue weighted by atomic mass is 10.1. The fraction of sp³-hybridized carbons (Fsp3) is 0.727. The maximum absolute atomic E-state index is 4.63. The number of nitrogens with one attached hydrogen (secondary N) is 1. The molecular weight excluding hydrogens is 254 g/mol. The zero-order valence-electron chi connectivity index (χ0n) is 9.55. The average molecular weight is 272 g/mol. The van der Waals surface area contributed by atoms with Crippen LogP contribution < -0.4 is 5.32 Å². The number of aromatic nitrogens is 2. The molecule has 1 N–H and O–H groups in total. The molecule has 0 bridgehead atoms. The third-order valence-electron chi connectivity index (χ3n) is 2.72. The van der Waals surface area contributed by atoms with E-state index >= 15 is 0 Å². The number of hydrogen-bond acceptors (Lipinski definition) is 2. The first-order valence-corrected chi connectivity index (χ1v) is 6.39. The molecule has 84 valence electrons. The van der Waals surface area contributed by atoms with Gasteiger partial charge in [0.2, 0.25) is 0 Å². The normalized spacial score (nSPS) is 20.2. The van der Waals surface area contributed by atoms with Crippen LogP contribution >= 0.6 is 15.9 Å². The standard InChI is InChI=1S/C11H18BrN3/c1-7(2)6-9-10(12)11-13-8(3)4-5-15(11)14-9/h7-8,13H,4-6H2,1-3H3. The number of anilines is 1. The first-order valence-electron chi connectivity index (χ1n) is 5.59. The molecule has 1 aromatic heterocycles. The number of fused-ring (bicyclic) bond motifs is 1. The number of halogens is 1. The van der Waals surface area contributed by atoms with Crippen molar-refractivity contribution in [2.45, 2.75) is 46.2 Å². The molecular formula is C11H18BrN3. The Morgan fingerprint density at radius 3 is 3.00 bits per heavy atom. The van der Waals surface area contributed by atoms with Gasteiger partial charge in [-0.15, -0.1) is 0 Å². The summed E-state index contributed by atoms with van der Waals surface area (Å²) in [6, 6.07) is 0.553. The first kappa shape index (κ1) is 11.0. The second-order valence-electron chi connectivity index (χ2n) is 4.76. The molecule has 1 aliphatic heterocycles. The van der Waals surface area contributed by atoms with Crippen LogP contribution in [0.25, 0.3) is 0 Å². The highest BCUT2D eigenvalue weighted by Gasteiger charge is 2.21. The topological polar surface area (TPSA) is 29.9 Å². The SMILES string of the molecule is CC(C)Cc1nn2c(c1Br)NC(C)CC2. The third kappa shape index (κ3) is 2.19. The van der Waals surface area contributed by atoms with E-state index in [1.165, 1.54) is 5.69 Å². The van der Waals surface area contributed by atoms with Crippen molar-refractivity contribution in [3.05, 3.63) is 10.2 Å². The van der Waals surface area contributed by atoms with Gasteiger partial charge in [-0.05, 0) is 41.6 Å². The maximum atomic E-state index is 4.63. The number of rotatable bonds is 2. The average Bonchev–Trinajstić information content (AvgIpc) is 2.44. The second kappa shape index (κ2) is 4.16. The molecule has 0 aliphatic carbocycles. The van der Waals surface area contributed by atoms with E-state index in [9.17, 15) is 0 Å². The molecule has 2 rings (SSSR count). The first-order chi connectivity index (χ1) is 7.08. The maximum Gasteiger partial charge on any atom is 0.139 e. The zero-order valence-corrected chi connectivity index (χ0v) is 11.1. The van der Waals surface area contributed by atoms with E-state index < -0.39 is 0 Å². The molecule has 0 saturated carbocycles. The highest BCUT2D eigenvalue weighted by Crippen LogP contribution is 2.31. The molecule has 1 unspecified atom stereocenters. The molecule has 0 radical (unpaired) electrons. The van der Waals surface area contributed by atoms with Crippen molar-refractivity contribution in [1.82, 2.24) is 9.78 Å². The summed E-state index contributed by atoms with van der Waals surface area (Å²) in [6.45, 7) is 7.69. The predicted molar refractivity (Wildman–Crippen MR) is 66.2 cm³/mol. The number of hydrogen-bond donors (Lipinski definition) is 1. The molecule has 1 aliphatic rings. The van der Waals surface area contributed by atoms with Crippen molar-refractivity contribution in [3.8, 4) is 0 Å². The Bertz CT molecular complexity index is 357. The van der Waals surface area contributed by atoms with Crippen molar-refractivity contribution in [2.75, 3.05) is 5.32 Å². The monoisotopic (exact) mass is 271 g/mol. The van der Waals surface area contributed by atoms with Crippen LogP contribution in [-0.2, 0) is 13.0 Å². The van der Waals surface area contributed by atoms with Gasteiger partial charge in [-0.3, -0.25) is 0 Å². The van der Waals surface area contributed by atoms with Gasteiger partial charge in [0, 0.05) is 12.6 Å². The van der Waals surface area contributed by atoms with Crippen LogP contribution in [0.1, 0.15) is 32.9 Å². The highest BCUT2D eigenvalue weighted by molar-refractivity contribution is 9.10. The Balaban J connectivity index is 2.28. The highest BCUT2D eigenvalue weighted by atomic mass is 79.9. The van der Waals surface area contributed by atoms with Gasteiger partial charge in [-0.2, -0.15) is 5.10 Å². The van der Waals surface area contributed by atoms with Gasteiger partial charge in [-0.25, -0.2) is 4.68 Å². The molecule has 15 heavy (non-hydrogen) atoms. The lowest BCUT2D eigenvalue weighted by Crippen LogP contribution is -2.26. The minimum absolute atomic E-state index is 0.553. The molecule has 2 heterocycles.